The van der Waals surface area contributed by atoms with Gasteiger partial charge in [0.05, 0.1) is 0 Å². The van der Waals surface area contributed by atoms with Gasteiger partial charge >= 0.3 is 77.1 Å². The third-order valence-electron chi connectivity index (χ3n) is 0.477. The standard InChI is InChI=1S/C3H2Cl3O2.Li/c4-2(5)3(6)8-1-7;/h2-3H;. The zero-order valence-electron chi connectivity index (χ0n) is 4.61. The first kappa shape index (κ1) is 9.94. The van der Waals surface area contributed by atoms with Gasteiger partial charge in [0, 0.05) is 0 Å². The van der Waals surface area contributed by atoms with Gasteiger partial charge in [-0.1, -0.05) is 0 Å². The molecule has 2 nitrogen and oxygen atoms in total. The number of ether oxygens (including phenoxy) is 1. The maximum absolute atomic E-state index is 10.1. The zero-order chi connectivity index (χ0) is 7.44. The molecular formula is C3H2Cl3LiO2. The maximum atomic E-state index is 10.1. The topological polar surface area (TPSA) is 26.3 Å². The third-order valence-corrected chi connectivity index (χ3v) is 1.53. The van der Waals surface area contributed by atoms with E-state index in [1.165, 1.54) is 17.7 Å². The van der Waals surface area contributed by atoms with Gasteiger partial charge in [0.25, 0.3) is 0 Å². The fourth-order valence-electron chi connectivity index (χ4n) is 0.210. The van der Waals surface area contributed by atoms with Crippen molar-refractivity contribution < 1.29 is 9.53 Å². The molecule has 0 N–H and O–H groups in total. The normalized spacial score (nSPS) is 13.6. The fraction of sp³-hybridized carbons (Fsp3) is 0.667. The molecular weight excluding hydrogens is 181 g/mol. The zero-order valence-corrected chi connectivity index (χ0v) is 6.87. The van der Waals surface area contributed by atoms with Gasteiger partial charge in [-0.2, -0.15) is 0 Å². The molecule has 0 fully saturated rings. The SMILES string of the molecule is [Li][C](=O)OC(Cl)C(Cl)Cl. The third kappa shape index (κ3) is 5.38. The van der Waals surface area contributed by atoms with Gasteiger partial charge in [0.15, 0.2) is 0 Å². The molecule has 0 saturated heterocycles. The summed E-state index contributed by atoms with van der Waals surface area (Å²) in [5, 5.41) is 0. The van der Waals surface area contributed by atoms with Crippen molar-refractivity contribution in [3.8, 4) is 0 Å². The summed E-state index contributed by atoms with van der Waals surface area (Å²) in [4.78, 5) is 9.26. The molecule has 0 amide bonds. The average molecular weight is 183 g/mol. The Balaban J connectivity index is 3.50. The van der Waals surface area contributed by atoms with Crippen LogP contribution in [0.1, 0.15) is 0 Å². The van der Waals surface area contributed by atoms with E-state index in [2.05, 4.69) is 4.74 Å². The molecule has 0 bridgehead atoms. The van der Waals surface area contributed by atoms with E-state index in [0.717, 1.165) is 0 Å². The quantitative estimate of drug-likeness (QED) is 0.481. The number of carbonyl (C=O) groups excluding carboxylic acids is 1. The summed E-state index contributed by atoms with van der Waals surface area (Å²) in [7, 11) is 0. The van der Waals surface area contributed by atoms with Gasteiger partial charge in [0.1, 0.15) is 0 Å². The van der Waals surface area contributed by atoms with E-state index in [9.17, 15) is 4.79 Å². The number of halogens is 3. The van der Waals surface area contributed by atoms with Gasteiger partial charge in [-0.15, -0.1) is 0 Å². The Kier molecular flexibility index (Phi) is 5.20. The van der Waals surface area contributed by atoms with E-state index in [1.807, 2.05) is 0 Å². The second-order valence-corrected chi connectivity index (χ2v) is 2.89. The van der Waals surface area contributed by atoms with Crippen LogP contribution >= 0.6 is 34.8 Å². The van der Waals surface area contributed by atoms with Crippen molar-refractivity contribution in [1.29, 1.82) is 0 Å². The molecule has 0 aliphatic heterocycles. The number of hydrogen-bond donors (Lipinski definition) is 0. The van der Waals surface area contributed by atoms with Crippen LogP contribution in [0.2, 0.25) is 0 Å². The number of alkyl halides is 3. The number of rotatable bonds is 2. The average Bonchev–Trinajstić information content (AvgIpc) is 1.63. The first-order chi connectivity index (χ1) is 4.04. The summed E-state index contributed by atoms with van der Waals surface area (Å²) < 4.78 is 3.88. The van der Waals surface area contributed by atoms with E-state index in [0.29, 0.717) is 0 Å². The van der Waals surface area contributed by atoms with Crippen molar-refractivity contribution in [2.45, 2.75) is 10.4 Å². The Labute approximate surface area is 77.0 Å². The number of hydrogen-bond acceptors (Lipinski definition) is 2. The van der Waals surface area contributed by atoms with Gasteiger partial charge in [-0.05, 0) is 0 Å². The van der Waals surface area contributed by atoms with Crippen LogP contribution in [0.3, 0.4) is 0 Å². The Morgan fingerprint density at radius 1 is 1.44 bits per heavy atom. The Morgan fingerprint density at radius 3 is 2.00 bits per heavy atom. The molecule has 1 unspecified atom stereocenters. The fourth-order valence-corrected chi connectivity index (χ4v) is 0.438. The predicted octanol–water partition coefficient (Wildman–Crippen LogP) is 1.66. The van der Waals surface area contributed by atoms with Crippen molar-refractivity contribution in [1.82, 2.24) is 0 Å². The van der Waals surface area contributed by atoms with E-state index in [4.69, 9.17) is 34.8 Å². The van der Waals surface area contributed by atoms with Crippen LogP contribution in [-0.4, -0.2) is 32.8 Å². The van der Waals surface area contributed by atoms with Crippen LogP contribution in [0.25, 0.3) is 0 Å². The van der Waals surface area contributed by atoms with Crippen LogP contribution in [-0.2, 0) is 4.74 Å². The molecule has 0 aliphatic carbocycles. The van der Waals surface area contributed by atoms with Crippen molar-refractivity contribution in [3.63, 3.8) is 0 Å². The molecule has 0 radical (unpaired) electrons. The molecule has 0 heterocycles. The molecule has 0 aromatic carbocycles. The van der Waals surface area contributed by atoms with E-state index >= 15 is 0 Å². The molecule has 48 valence electrons. The van der Waals surface area contributed by atoms with Crippen LogP contribution < -0.4 is 0 Å². The van der Waals surface area contributed by atoms with E-state index in [-0.39, 0.29) is 0 Å². The van der Waals surface area contributed by atoms with Gasteiger partial charge in [-0.25, -0.2) is 0 Å². The van der Waals surface area contributed by atoms with Crippen molar-refractivity contribution >= 4 is 57.2 Å². The van der Waals surface area contributed by atoms with Crippen LogP contribution in [0, 0.1) is 0 Å². The number of carbonyl (C=O) groups is 1. The predicted molar refractivity (Wildman–Crippen MR) is 37.4 cm³/mol. The molecule has 0 rings (SSSR count). The van der Waals surface area contributed by atoms with Gasteiger partial charge in [0.2, 0.25) is 0 Å². The van der Waals surface area contributed by atoms with Crippen molar-refractivity contribution in [2.24, 2.45) is 0 Å². The molecule has 6 heteroatoms. The minimum atomic E-state index is -0.953. The summed E-state index contributed by atoms with van der Waals surface area (Å²) in [5.41, 5.74) is -0.953. The minimum absolute atomic E-state index is 0.499. The summed E-state index contributed by atoms with van der Waals surface area (Å²) >= 11 is 17.0. The summed E-state index contributed by atoms with van der Waals surface area (Å²) in [5.74, 6) is 0. The molecule has 0 spiro atoms. The van der Waals surface area contributed by atoms with Crippen LogP contribution in [0.15, 0.2) is 0 Å². The Hall–Kier alpha value is 0.937. The summed E-state index contributed by atoms with van der Waals surface area (Å²) in [6.07, 6.45) is 0. The van der Waals surface area contributed by atoms with Crippen LogP contribution in [0.5, 0.6) is 0 Å². The van der Waals surface area contributed by atoms with Gasteiger partial charge < -0.3 is 0 Å². The first-order valence-electron chi connectivity index (χ1n) is 2.13. The Bertz CT molecular complexity index is 107. The summed E-state index contributed by atoms with van der Waals surface area (Å²) in [6.45, 7) is 0. The second-order valence-electron chi connectivity index (χ2n) is 1.30. The van der Waals surface area contributed by atoms with E-state index < -0.39 is 15.0 Å². The molecule has 1 atom stereocenters. The second kappa shape index (κ2) is 4.71. The van der Waals surface area contributed by atoms with Crippen molar-refractivity contribution in [3.05, 3.63) is 0 Å². The van der Waals surface area contributed by atoms with Gasteiger partial charge in [-0.3, -0.25) is 0 Å². The molecule has 0 aromatic heterocycles. The van der Waals surface area contributed by atoms with E-state index in [1.54, 1.807) is 0 Å². The molecule has 0 aromatic rings. The van der Waals surface area contributed by atoms with Crippen molar-refractivity contribution in [2.75, 3.05) is 0 Å². The monoisotopic (exact) mass is 182 g/mol. The first-order valence-corrected chi connectivity index (χ1v) is 3.44. The van der Waals surface area contributed by atoms with Crippen LogP contribution in [0.4, 0.5) is 4.79 Å². The molecule has 0 saturated carbocycles. The molecule has 0 aliphatic rings. The Morgan fingerprint density at radius 2 is 1.89 bits per heavy atom. The summed E-state index contributed by atoms with van der Waals surface area (Å²) in [6, 6.07) is 0. The molecule has 9 heavy (non-hydrogen) atoms.